The molecule has 4 amide bonds. The van der Waals surface area contributed by atoms with Crippen molar-refractivity contribution in [2.24, 2.45) is 5.41 Å². The second-order valence-corrected chi connectivity index (χ2v) is 8.50. The lowest BCUT2D eigenvalue weighted by molar-refractivity contribution is -0.137. The maximum atomic E-state index is 14.3. The van der Waals surface area contributed by atoms with Crippen LogP contribution in [0.1, 0.15) is 15.9 Å². The molecular formula is C30H22N2O4. The molecule has 176 valence electrons. The van der Waals surface area contributed by atoms with E-state index in [-0.39, 0.29) is 23.4 Å². The third-order valence-corrected chi connectivity index (χ3v) is 6.28. The first-order chi connectivity index (χ1) is 17.5. The number of imide groups is 2. The first kappa shape index (κ1) is 22.9. The predicted octanol–water partition coefficient (Wildman–Crippen LogP) is 5.30. The van der Waals surface area contributed by atoms with Crippen LogP contribution in [0.2, 0.25) is 0 Å². The second kappa shape index (κ2) is 9.43. The SMILES string of the molecule is O=C1N(c2ccccc2)C(=O)C(Cc2ccccc2)(C(=O)c2ccccc2)C(=O)N1c1ccccc1. The van der Waals surface area contributed by atoms with Gasteiger partial charge in [0, 0.05) is 12.0 Å². The Bertz CT molecular complexity index is 1360. The number of Topliss-reactive ketones (excluding diaryl/α,β-unsaturated/α-hetero) is 1. The number of urea groups is 1. The molecule has 4 aromatic carbocycles. The van der Waals surface area contributed by atoms with Gasteiger partial charge in [-0.2, -0.15) is 0 Å². The average molecular weight is 475 g/mol. The van der Waals surface area contributed by atoms with Gasteiger partial charge in [-0.15, -0.1) is 0 Å². The number of amides is 4. The summed E-state index contributed by atoms with van der Waals surface area (Å²) in [5.74, 6) is -2.39. The molecule has 0 aromatic heterocycles. The van der Waals surface area contributed by atoms with Crippen molar-refractivity contribution in [2.75, 3.05) is 9.80 Å². The van der Waals surface area contributed by atoms with Gasteiger partial charge in [-0.05, 0) is 29.8 Å². The van der Waals surface area contributed by atoms with Gasteiger partial charge in [0.25, 0.3) is 11.8 Å². The van der Waals surface area contributed by atoms with Gasteiger partial charge in [0.05, 0.1) is 11.4 Å². The molecule has 4 aromatic rings. The Morgan fingerprint density at radius 1 is 0.556 bits per heavy atom. The van der Waals surface area contributed by atoms with E-state index in [4.69, 9.17) is 0 Å². The molecule has 1 heterocycles. The highest BCUT2D eigenvalue weighted by Gasteiger charge is 2.62. The van der Waals surface area contributed by atoms with Crippen molar-refractivity contribution in [1.82, 2.24) is 0 Å². The van der Waals surface area contributed by atoms with Crippen LogP contribution in [0.5, 0.6) is 0 Å². The van der Waals surface area contributed by atoms with E-state index in [1.165, 1.54) is 0 Å². The Kier molecular flexibility index (Phi) is 6.00. The number of benzene rings is 4. The van der Waals surface area contributed by atoms with Crippen LogP contribution in [0, 0.1) is 5.41 Å². The Morgan fingerprint density at radius 3 is 1.39 bits per heavy atom. The van der Waals surface area contributed by atoms with Crippen LogP contribution in [-0.2, 0) is 16.0 Å². The predicted molar refractivity (Wildman–Crippen MR) is 137 cm³/mol. The van der Waals surface area contributed by atoms with Crippen LogP contribution in [-0.4, -0.2) is 23.6 Å². The van der Waals surface area contributed by atoms with E-state index in [9.17, 15) is 19.2 Å². The highest BCUT2D eigenvalue weighted by Crippen LogP contribution is 2.40. The van der Waals surface area contributed by atoms with Crippen LogP contribution in [0.15, 0.2) is 121 Å². The molecule has 0 spiro atoms. The zero-order valence-corrected chi connectivity index (χ0v) is 19.3. The number of carbonyl (C=O) groups excluding carboxylic acids is 4. The molecule has 5 rings (SSSR count). The van der Waals surface area contributed by atoms with E-state index < -0.39 is 29.0 Å². The fraction of sp³-hybridized carbons (Fsp3) is 0.0667. The van der Waals surface area contributed by atoms with Gasteiger partial charge < -0.3 is 0 Å². The highest BCUT2D eigenvalue weighted by atomic mass is 16.2. The van der Waals surface area contributed by atoms with Gasteiger partial charge in [-0.1, -0.05) is 97.1 Å². The van der Waals surface area contributed by atoms with Crippen LogP contribution >= 0.6 is 0 Å². The molecule has 1 aliphatic heterocycles. The number of carbonyl (C=O) groups is 4. The maximum absolute atomic E-state index is 14.3. The average Bonchev–Trinajstić information content (AvgIpc) is 2.93. The molecule has 0 aliphatic carbocycles. The summed E-state index contributed by atoms with van der Waals surface area (Å²) in [5, 5.41) is 0. The molecule has 1 fully saturated rings. The molecule has 36 heavy (non-hydrogen) atoms. The number of para-hydroxylation sites is 2. The van der Waals surface area contributed by atoms with E-state index in [1.807, 2.05) is 6.07 Å². The highest BCUT2D eigenvalue weighted by molar-refractivity contribution is 6.45. The zero-order chi connectivity index (χ0) is 25.1. The standard InChI is InChI=1S/C30H22N2O4/c33-26(23-15-7-2-8-16-23)30(21-22-13-5-1-6-14-22)27(34)31(24-17-9-3-10-18-24)29(36)32(28(30)35)25-19-11-4-12-20-25/h1-20H,21H2. The Morgan fingerprint density at radius 2 is 0.944 bits per heavy atom. The molecule has 6 heteroatoms. The third kappa shape index (κ3) is 3.79. The monoisotopic (exact) mass is 474 g/mol. The molecule has 0 N–H and O–H groups in total. The first-order valence-corrected chi connectivity index (χ1v) is 11.5. The van der Waals surface area contributed by atoms with Crippen molar-refractivity contribution >= 4 is 35.0 Å². The number of rotatable bonds is 6. The number of nitrogens with zero attached hydrogens (tertiary/aromatic N) is 2. The zero-order valence-electron chi connectivity index (χ0n) is 19.3. The molecule has 1 aliphatic rings. The van der Waals surface area contributed by atoms with Gasteiger partial charge >= 0.3 is 6.03 Å². The van der Waals surface area contributed by atoms with Crippen LogP contribution in [0.3, 0.4) is 0 Å². The quantitative estimate of drug-likeness (QED) is 0.281. The van der Waals surface area contributed by atoms with Gasteiger partial charge in [0.1, 0.15) is 0 Å². The van der Waals surface area contributed by atoms with Crippen LogP contribution in [0.25, 0.3) is 0 Å². The lowest BCUT2D eigenvalue weighted by Crippen LogP contribution is -2.69. The molecule has 0 saturated carbocycles. The molecule has 1 saturated heterocycles. The Balaban J connectivity index is 1.77. The number of ketones is 1. The van der Waals surface area contributed by atoms with Gasteiger partial charge in [-0.3, -0.25) is 14.4 Å². The Hall–Kier alpha value is -4.84. The van der Waals surface area contributed by atoms with Crippen molar-refractivity contribution in [3.8, 4) is 0 Å². The van der Waals surface area contributed by atoms with E-state index in [2.05, 4.69) is 0 Å². The minimum atomic E-state index is -2.19. The third-order valence-electron chi connectivity index (χ3n) is 6.28. The molecule has 0 unspecified atom stereocenters. The second-order valence-electron chi connectivity index (χ2n) is 8.50. The summed E-state index contributed by atoms with van der Waals surface area (Å²) < 4.78 is 0. The summed E-state index contributed by atoms with van der Waals surface area (Å²) in [6.45, 7) is 0. The summed E-state index contributed by atoms with van der Waals surface area (Å²) >= 11 is 0. The van der Waals surface area contributed by atoms with Gasteiger partial charge in [-0.25, -0.2) is 14.6 Å². The lowest BCUT2D eigenvalue weighted by Gasteiger charge is -2.43. The minimum Gasteiger partial charge on any atom is -0.292 e. The molecule has 0 radical (unpaired) electrons. The van der Waals surface area contributed by atoms with E-state index >= 15 is 0 Å². The van der Waals surface area contributed by atoms with Gasteiger partial charge in [0.15, 0.2) is 11.2 Å². The minimum absolute atomic E-state index is 0.195. The van der Waals surface area contributed by atoms with E-state index in [0.717, 1.165) is 9.80 Å². The topological polar surface area (TPSA) is 74.8 Å². The smallest absolute Gasteiger partial charge is 0.292 e. The van der Waals surface area contributed by atoms with Crippen molar-refractivity contribution < 1.29 is 19.2 Å². The number of hydrogen-bond donors (Lipinski definition) is 0. The fourth-order valence-electron chi connectivity index (χ4n) is 4.52. The van der Waals surface area contributed by atoms with Crippen LogP contribution < -0.4 is 9.80 Å². The van der Waals surface area contributed by atoms with Crippen LogP contribution in [0.4, 0.5) is 16.2 Å². The number of barbiturate groups is 1. The van der Waals surface area contributed by atoms with E-state index in [0.29, 0.717) is 5.56 Å². The summed E-state index contributed by atoms with van der Waals surface area (Å²) in [5.41, 5.74) is -0.801. The van der Waals surface area contributed by atoms with Crippen molar-refractivity contribution in [2.45, 2.75) is 6.42 Å². The van der Waals surface area contributed by atoms with Crippen molar-refractivity contribution in [3.63, 3.8) is 0 Å². The summed E-state index contributed by atoms with van der Waals surface area (Å²) in [6.07, 6.45) is -0.195. The summed E-state index contributed by atoms with van der Waals surface area (Å²) in [7, 11) is 0. The van der Waals surface area contributed by atoms with Gasteiger partial charge in [0.2, 0.25) is 0 Å². The molecule has 0 bridgehead atoms. The molecule has 0 atom stereocenters. The van der Waals surface area contributed by atoms with E-state index in [1.54, 1.807) is 115 Å². The number of anilines is 2. The largest absolute Gasteiger partial charge is 0.342 e. The fourth-order valence-corrected chi connectivity index (χ4v) is 4.52. The van der Waals surface area contributed by atoms with Crippen molar-refractivity contribution in [1.29, 1.82) is 0 Å². The lowest BCUT2D eigenvalue weighted by atomic mass is 9.71. The maximum Gasteiger partial charge on any atom is 0.342 e. The normalized spacial score (nSPS) is 15.2. The number of hydrogen-bond acceptors (Lipinski definition) is 4. The van der Waals surface area contributed by atoms with Crippen molar-refractivity contribution in [3.05, 3.63) is 132 Å². The molecule has 6 nitrogen and oxygen atoms in total. The first-order valence-electron chi connectivity index (χ1n) is 11.5. The Labute approximate surface area is 208 Å². The summed E-state index contributed by atoms with van der Waals surface area (Å²) in [4.78, 5) is 58.4. The summed E-state index contributed by atoms with van der Waals surface area (Å²) in [6, 6.07) is 33.0. The molecular weight excluding hydrogens is 452 g/mol.